The van der Waals surface area contributed by atoms with Crippen molar-refractivity contribution in [3.05, 3.63) is 57.6 Å². The molecule has 0 bridgehead atoms. The highest BCUT2D eigenvalue weighted by atomic mass is 15.1. The molecule has 316 valence electrons. The van der Waals surface area contributed by atoms with E-state index in [4.69, 9.17) is 5.32 Å². The Morgan fingerprint density at radius 2 is 0.473 bits per heavy atom. The SMILES string of the molecule is Cc1ccc(C2NC(CC(C)C)C34c5c6c7c8c9c%10c(c%11c%12c3c3c5c5c%13c6c6c7c7c9c9c%14c%10c%10c%11c%11c%12c%12c3c3c5c5c%13c%13c6c6c7c9c7c9c%14c%10c%10c%11c%11c%12c3c3c5c5c%13c6c7c6c9c%10c%11c3c56)C824)cc1. The molecule has 34 rings (SSSR count). The molecule has 0 saturated carbocycles. The average Bonchev–Trinajstić information content (AvgIpc) is 2.57. The van der Waals surface area contributed by atoms with E-state index < -0.39 is 0 Å². The Balaban J connectivity index is 1.14. The summed E-state index contributed by atoms with van der Waals surface area (Å²) < 4.78 is 0. The fraction of sp³-hybridized carbons (Fsp3) is 0.123. The minimum absolute atomic E-state index is 0.114. The molecule has 29 aromatic carbocycles. The number of aryl methyl sites for hydroxylation is 1. The zero-order valence-electron chi connectivity index (χ0n) is 39.2. The summed E-state index contributed by atoms with van der Waals surface area (Å²) in [4.78, 5) is 0. The second-order valence-corrected chi connectivity index (χ2v) is 28.1. The molecule has 0 aromatic heterocycles. The lowest BCUT2D eigenvalue weighted by molar-refractivity contribution is 0.308. The van der Waals surface area contributed by atoms with Crippen LogP contribution < -0.4 is 5.32 Å². The maximum Gasteiger partial charge on any atom is 0.0575 e. The van der Waals surface area contributed by atoms with Gasteiger partial charge in [-0.25, -0.2) is 0 Å². The average molecular weight is 910 g/mol. The van der Waals surface area contributed by atoms with Gasteiger partial charge in [-0.15, -0.1) is 0 Å². The van der Waals surface area contributed by atoms with Crippen LogP contribution in [-0.4, -0.2) is 6.04 Å². The van der Waals surface area contributed by atoms with Crippen LogP contribution in [0.4, 0.5) is 0 Å². The van der Waals surface area contributed by atoms with Gasteiger partial charge in [-0.2, -0.15) is 0 Å². The van der Waals surface area contributed by atoms with Crippen LogP contribution in [0.15, 0.2) is 24.3 Å². The number of rotatable bonds is 3. The standard InChI is InChI=1S/C73H19N/c1-9(2)8-12-72-67-59-51-41-31-23-15-13-14-17-21-19(15)27-35-29(21)39-33-25(17)26-18(14)22-20-16(13)24(23)32-38-28(20)36-30(22)40-34(26)44-43(33)53-47(39)57-49(35)55(45(51)37(27)31)61(67)63(57)69-65(53)66-54(44)48(40)58-50(36)56-46(38)52(42(32)41)60(59)68(72)62(56)64(58)70(66)73(69,72)71(74-12)11-6-4-10(3)5-7-11/h4-7,9,12,71,74H,8H2,1-3H3. The van der Waals surface area contributed by atoms with Crippen molar-refractivity contribution in [1.29, 1.82) is 0 Å². The fourth-order valence-electron chi connectivity index (χ4n) is 26.8. The zero-order valence-corrected chi connectivity index (χ0v) is 39.2. The second kappa shape index (κ2) is 6.63. The van der Waals surface area contributed by atoms with Crippen molar-refractivity contribution in [2.45, 2.75) is 50.1 Å². The van der Waals surface area contributed by atoms with E-state index in [0.29, 0.717) is 5.92 Å². The molecule has 1 N–H and O–H groups in total. The minimum Gasteiger partial charge on any atom is -0.305 e. The van der Waals surface area contributed by atoms with Crippen LogP contribution in [0.1, 0.15) is 59.7 Å². The van der Waals surface area contributed by atoms with E-state index in [1.165, 1.54) is 11.1 Å². The summed E-state index contributed by atoms with van der Waals surface area (Å²) in [7, 11) is 0. The number of nitrogens with one attached hydrogen (secondary N) is 1. The predicted molar refractivity (Wildman–Crippen MR) is 314 cm³/mol. The highest BCUT2D eigenvalue weighted by Gasteiger charge is 2.77. The summed E-state index contributed by atoms with van der Waals surface area (Å²) in [6.07, 6.45) is 1.15. The molecule has 1 aliphatic heterocycles. The van der Waals surface area contributed by atoms with E-state index in [0.717, 1.165) is 6.42 Å². The van der Waals surface area contributed by atoms with E-state index >= 15 is 0 Å². The van der Waals surface area contributed by atoms with E-state index in [2.05, 4.69) is 45.0 Å². The smallest absolute Gasteiger partial charge is 0.0575 e. The number of hydrogen-bond acceptors (Lipinski definition) is 1. The van der Waals surface area contributed by atoms with Gasteiger partial charge in [0.05, 0.1) is 10.8 Å². The lowest BCUT2D eigenvalue weighted by Gasteiger charge is -2.54. The van der Waals surface area contributed by atoms with Crippen LogP contribution in [0.5, 0.6) is 0 Å². The molecule has 2 atom stereocenters. The van der Waals surface area contributed by atoms with Gasteiger partial charge in [-0.05, 0) is 338 Å². The van der Waals surface area contributed by atoms with Crippen molar-refractivity contribution >= 4 is 291 Å². The van der Waals surface area contributed by atoms with Crippen LogP contribution in [0, 0.1) is 12.8 Å². The number of hydrogen-bond donors (Lipinski definition) is 1. The van der Waals surface area contributed by atoms with Gasteiger partial charge >= 0.3 is 0 Å². The molecule has 0 amide bonds. The van der Waals surface area contributed by atoms with Crippen molar-refractivity contribution < 1.29 is 0 Å². The molecule has 1 fully saturated rings. The van der Waals surface area contributed by atoms with Gasteiger partial charge in [-0.3, -0.25) is 0 Å². The summed E-state index contributed by atoms with van der Waals surface area (Å²) in [5.41, 5.74) is 9.36. The third kappa shape index (κ3) is 1.57. The van der Waals surface area contributed by atoms with Crippen molar-refractivity contribution in [2.24, 2.45) is 5.92 Å². The maximum absolute atomic E-state index is 4.94. The highest BCUT2D eigenvalue weighted by molar-refractivity contribution is 6.82. The largest absolute Gasteiger partial charge is 0.305 e. The molecule has 1 saturated heterocycles. The van der Waals surface area contributed by atoms with Crippen molar-refractivity contribution in [3.63, 3.8) is 0 Å². The molecular weight excluding hydrogens is 891 g/mol. The minimum atomic E-state index is -0.340. The van der Waals surface area contributed by atoms with Crippen LogP contribution in [0.2, 0.25) is 0 Å². The van der Waals surface area contributed by atoms with Gasteiger partial charge < -0.3 is 5.32 Å². The highest BCUT2D eigenvalue weighted by Crippen LogP contribution is 2.87. The predicted octanol–water partition coefficient (Wildman–Crippen LogP) is 19.4. The van der Waals surface area contributed by atoms with E-state index in [1.807, 2.05) is 0 Å². The first-order valence-corrected chi connectivity index (χ1v) is 28.2. The van der Waals surface area contributed by atoms with Gasteiger partial charge in [0, 0.05) is 12.1 Å². The van der Waals surface area contributed by atoms with Crippen molar-refractivity contribution in [2.75, 3.05) is 0 Å². The van der Waals surface area contributed by atoms with Crippen LogP contribution in [-0.2, 0) is 10.8 Å². The van der Waals surface area contributed by atoms with Crippen LogP contribution >= 0.6 is 0 Å². The molecular formula is C73H19N. The first kappa shape index (κ1) is 28.8. The zero-order chi connectivity index (χ0) is 44.6. The molecule has 1 heterocycles. The van der Waals surface area contributed by atoms with Gasteiger partial charge in [0.25, 0.3) is 0 Å². The van der Waals surface area contributed by atoms with Gasteiger partial charge in [-0.1, -0.05) is 43.7 Å². The quantitative estimate of drug-likeness (QED) is 0.174. The van der Waals surface area contributed by atoms with Gasteiger partial charge in [0.1, 0.15) is 0 Å². The van der Waals surface area contributed by atoms with Crippen molar-refractivity contribution in [3.8, 4) is 0 Å². The summed E-state index contributed by atoms with van der Waals surface area (Å²) in [5, 5.41) is 95.6. The van der Waals surface area contributed by atoms with Gasteiger partial charge in [0.15, 0.2) is 0 Å². The van der Waals surface area contributed by atoms with Crippen LogP contribution in [0.25, 0.3) is 291 Å². The molecule has 5 aliphatic rings. The van der Waals surface area contributed by atoms with E-state index in [1.54, 1.807) is 313 Å². The normalized spacial score (nSPS) is 24.1. The molecule has 1 heteroatoms. The monoisotopic (exact) mass is 909 g/mol. The van der Waals surface area contributed by atoms with E-state index in [9.17, 15) is 0 Å². The summed E-state index contributed by atoms with van der Waals surface area (Å²) in [5.74, 6) is 0.532. The first-order valence-electron chi connectivity index (χ1n) is 28.2. The molecule has 29 aromatic rings. The second-order valence-electron chi connectivity index (χ2n) is 28.1. The molecule has 2 spiro atoms. The molecule has 0 radical (unpaired) electrons. The summed E-state index contributed by atoms with van der Waals surface area (Å²) in [6.45, 7) is 7.41. The molecule has 4 aliphatic carbocycles. The topological polar surface area (TPSA) is 12.0 Å². The first-order chi connectivity index (χ1) is 36.6. The Kier molecular flexibility index (Phi) is 2.58. The van der Waals surface area contributed by atoms with Crippen LogP contribution in [0.3, 0.4) is 0 Å². The molecule has 2 unspecified atom stereocenters. The maximum atomic E-state index is 4.94. The Bertz CT molecular complexity index is 7310. The lowest BCUT2D eigenvalue weighted by Crippen LogP contribution is -2.55. The molecule has 74 heavy (non-hydrogen) atoms. The summed E-state index contributed by atoms with van der Waals surface area (Å²) >= 11 is 0. The fourth-order valence-corrected chi connectivity index (χ4v) is 26.8. The third-order valence-electron chi connectivity index (χ3n) is 26.9. The molecule has 1 nitrogen and oxygen atoms in total. The van der Waals surface area contributed by atoms with Crippen molar-refractivity contribution in [1.82, 2.24) is 5.32 Å². The Labute approximate surface area is 407 Å². The van der Waals surface area contributed by atoms with E-state index in [-0.39, 0.29) is 22.9 Å². The Morgan fingerprint density at radius 1 is 0.284 bits per heavy atom. The van der Waals surface area contributed by atoms with Gasteiger partial charge in [0.2, 0.25) is 0 Å². The summed E-state index contributed by atoms with van der Waals surface area (Å²) in [6, 6.07) is 10.5. The third-order valence-corrected chi connectivity index (χ3v) is 26.9. The Morgan fingerprint density at radius 3 is 0.676 bits per heavy atom. The lowest BCUT2D eigenvalue weighted by atomic mass is 9.45. The number of benzene rings is 19. The Hall–Kier alpha value is -8.36.